The summed E-state index contributed by atoms with van der Waals surface area (Å²) in [4.78, 5) is 0. The zero-order chi connectivity index (χ0) is 15.0. The van der Waals surface area contributed by atoms with Gasteiger partial charge >= 0.3 is 0 Å². The lowest BCUT2D eigenvalue weighted by Gasteiger charge is -2.37. The summed E-state index contributed by atoms with van der Waals surface area (Å²) in [6.07, 6.45) is 3.55. The number of ether oxygens (including phenoxy) is 1. The molecule has 2 fully saturated rings. The molecule has 1 N–H and O–H groups in total. The Kier molecular flexibility index (Phi) is 3.51. The summed E-state index contributed by atoms with van der Waals surface area (Å²) in [7, 11) is 1.86. The molecular weight excluding hydrogens is 270 g/mol. The molecule has 0 aromatic heterocycles. The predicted octanol–water partition coefficient (Wildman–Crippen LogP) is 4.05. The van der Waals surface area contributed by atoms with Gasteiger partial charge in [0.25, 0.3) is 0 Å². The minimum atomic E-state index is -0.217. The fourth-order valence-corrected chi connectivity index (χ4v) is 4.60. The Morgan fingerprint density at radius 1 is 0.955 bits per heavy atom. The lowest BCUT2D eigenvalue weighted by molar-refractivity contribution is -0.0579. The van der Waals surface area contributed by atoms with Gasteiger partial charge in [0.15, 0.2) is 0 Å². The first-order chi connectivity index (χ1) is 10.8. The van der Waals surface area contributed by atoms with Gasteiger partial charge in [-0.1, -0.05) is 60.7 Å². The van der Waals surface area contributed by atoms with Crippen molar-refractivity contribution in [2.45, 2.75) is 42.9 Å². The first kappa shape index (κ1) is 14.0. The van der Waals surface area contributed by atoms with E-state index in [2.05, 4.69) is 66.0 Å². The lowest BCUT2D eigenvalue weighted by Crippen LogP contribution is -2.50. The third-order valence-electron chi connectivity index (χ3n) is 5.50. The molecule has 114 valence electrons. The standard InChI is InChI=1S/C20H23NO/c1-22-20-14-8-13-17(21-20)18(15-9-4-2-5-10-15)19(20)16-11-6-3-7-12-16/h2-7,9-12,17-19,21H,8,13-14H2,1H3/t17-,18-,19+,20-/m1/s1. The molecule has 0 radical (unpaired) electrons. The van der Waals surface area contributed by atoms with Crippen LogP contribution in [0.5, 0.6) is 0 Å². The maximum absolute atomic E-state index is 6.08. The monoisotopic (exact) mass is 293 g/mol. The minimum absolute atomic E-state index is 0.217. The molecule has 0 spiro atoms. The Bertz CT molecular complexity index is 627. The van der Waals surface area contributed by atoms with Crippen LogP contribution in [0.3, 0.4) is 0 Å². The van der Waals surface area contributed by atoms with E-state index in [0.717, 1.165) is 6.42 Å². The highest BCUT2D eigenvalue weighted by Crippen LogP contribution is 2.54. The van der Waals surface area contributed by atoms with E-state index >= 15 is 0 Å². The number of fused-ring (bicyclic) bond motifs is 2. The van der Waals surface area contributed by atoms with Crippen LogP contribution in [-0.2, 0) is 4.74 Å². The van der Waals surface area contributed by atoms with Gasteiger partial charge in [-0.15, -0.1) is 0 Å². The third kappa shape index (κ3) is 2.10. The van der Waals surface area contributed by atoms with Gasteiger partial charge < -0.3 is 4.74 Å². The van der Waals surface area contributed by atoms with Crippen molar-refractivity contribution >= 4 is 0 Å². The van der Waals surface area contributed by atoms with Gasteiger partial charge in [-0.2, -0.15) is 0 Å². The summed E-state index contributed by atoms with van der Waals surface area (Å²) in [6, 6.07) is 22.3. The molecule has 22 heavy (non-hydrogen) atoms. The van der Waals surface area contributed by atoms with Crippen LogP contribution in [0, 0.1) is 0 Å². The van der Waals surface area contributed by atoms with Gasteiger partial charge in [-0.3, -0.25) is 5.32 Å². The summed E-state index contributed by atoms with van der Waals surface area (Å²) in [6.45, 7) is 0. The number of hydrogen-bond donors (Lipinski definition) is 1. The summed E-state index contributed by atoms with van der Waals surface area (Å²) >= 11 is 0. The molecule has 2 aliphatic rings. The maximum atomic E-state index is 6.08. The van der Waals surface area contributed by atoms with Crippen molar-refractivity contribution in [2.24, 2.45) is 0 Å². The van der Waals surface area contributed by atoms with Crippen molar-refractivity contribution in [3.05, 3.63) is 71.8 Å². The zero-order valence-electron chi connectivity index (χ0n) is 13.0. The van der Waals surface area contributed by atoms with Crippen LogP contribution >= 0.6 is 0 Å². The van der Waals surface area contributed by atoms with Crippen molar-refractivity contribution in [2.75, 3.05) is 7.11 Å². The van der Waals surface area contributed by atoms with E-state index in [1.807, 2.05) is 7.11 Å². The molecule has 0 amide bonds. The van der Waals surface area contributed by atoms with Gasteiger partial charge in [0, 0.05) is 25.0 Å². The molecule has 2 saturated heterocycles. The van der Waals surface area contributed by atoms with Gasteiger partial charge in [-0.05, 0) is 30.4 Å². The van der Waals surface area contributed by atoms with Crippen molar-refractivity contribution in [3.63, 3.8) is 0 Å². The number of hydrogen-bond acceptors (Lipinski definition) is 2. The van der Waals surface area contributed by atoms with Gasteiger partial charge in [0.2, 0.25) is 0 Å². The number of rotatable bonds is 3. The molecule has 2 heterocycles. The SMILES string of the molecule is CO[C@@]12CCC[C@@H](N1)[C@@H](c1ccccc1)[C@@H]2c1ccccc1. The van der Waals surface area contributed by atoms with E-state index in [9.17, 15) is 0 Å². The summed E-state index contributed by atoms with van der Waals surface area (Å²) in [5, 5.41) is 3.83. The molecule has 2 aromatic rings. The molecule has 4 atom stereocenters. The van der Waals surface area contributed by atoms with Crippen molar-refractivity contribution in [1.29, 1.82) is 0 Å². The van der Waals surface area contributed by atoms with Crippen molar-refractivity contribution in [1.82, 2.24) is 5.32 Å². The second-order valence-corrected chi connectivity index (χ2v) is 6.56. The van der Waals surface area contributed by atoms with Crippen LogP contribution in [0.2, 0.25) is 0 Å². The fraction of sp³-hybridized carbons (Fsp3) is 0.400. The molecule has 2 aromatic carbocycles. The number of benzene rings is 2. The molecule has 2 nitrogen and oxygen atoms in total. The summed E-state index contributed by atoms with van der Waals surface area (Å²) < 4.78 is 6.08. The topological polar surface area (TPSA) is 21.3 Å². The first-order valence-electron chi connectivity index (χ1n) is 8.27. The molecule has 4 rings (SSSR count). The molecule has 0 aliphatic carbocycles. The Morgan fingerprint density at radius 3 is 2.23 bits per heavy atom. The van der Waals surface area contributed by atoms with Crippen molar-refractivity contribution in [3.8, 4) is 0 Å². The van der Waals surface area contributed by atoms with Crippen LogP contribution in [0.15, 0.2) is 60.7 Å². The largest absolute Gasteiger partial charge is 0.363 e. The van der Waals surface area contributed by atoms with Crippen LogP contribution in [0.1, 0.15) is 42.2 Å². The molecular formula is C20H23NO. The Hall–Kier alpha value is -1.64. The highest BCUT2D eigenvalue weighted by atomic mass is 16.5. The van der Waals surface area contributed by atoms with Crippen LogP contribution in [-0.4, -0.2) is 18.9 Å². The number of nitrogens with one attached hydrogen (secondary N) is 1. The Labute approximate surface area is 132 Å². The van der Waals surface area contributed by atoms with Gasteiger partial charge in [-0.25, -0.2) is 0 Å². The van der Waals surface area contributed by atoms with E-state index in [4.69, 9.17) is 4.74 Å². The highest BCUT2D eigenvalue weighted by Gasteiger charge is 2.56. The second kappa shape index (κ2) is 5.53. The van der Waals surface area contributed by atoms with E-state index in [1.165, 1.54) is 24.0 Å². The average molecular weight is 293 g/mol. The lowest BCUT2D eigenvalue weighted by atomic mass is 9.77. The van der Waals surface area contributed by atoms with Crippen molar-refractivity contribution < 1.29 is 4.74 Å². The molecule has 0 unspecified atom stereocenters. The van der Waals surface area contributed by atoms with E-state index in [0.29, 0.717) is 17.9 Å². The van der Waals surface area contributed by atoms with Crippen LogP contribution in [0.25, 0.3) is 0 Å². The second-order valence-electron chi connectivity index (χ2n) is 6.56. The molecule has 2 bridgehead atoms. The normalized spacial score (nSPS) is 33.8. The highest BCUT2D eigenvalue weighted by molar-refractivity contribution is 5.36. The average Bonchev–Trinajstić information content (AvgIpc) is 2.83. The first-order valence-corrected chi connectivity index (χ1v) is 8.27. The predicted molar refractivity (Wildman–Crippen MR) is 88.9 cm³/mol. The minimum Gasteiger partial charge on any atom is -0.363 e. The molecule has 2 heteroatoms. The number of methoxy groups -OCH3 is 1. The van der Waals surface area contributed by atoms with Crippen LogP contribution in [0.4, 0.5) is 0 Å². The molecule has 2 aliphatic heterocycles. The Morgan fingerprint density at radius 2 is 1.59 bits per heavy atom. The molecule has 0 saturated carbocycles. The van der Waals surface area contributed by atoms with Gasteiger partial charge in [0.05, 0.1) is 0 Å². The van der Waals surface area contributed by atoms with Crippen LogP contribution < -0.4 is 5.32 Å². The third-order valence-corrected chi connectivity index (χ3v) is 5.50. The van der Waals surface area contributed by atoms with Gasteiger partial charge in [0.1, 0.15) is 5.72 Å². The summed E-state index contributed by atoms with van der Waals surface area (Å²) in [5.74, 6) is 0.847. The van der Waals surface area contributed by atoms with E-state index < -0.39 is 0 Å². The fourth-order valence-electron chi connectivity index (χ4n) is 4.60. The quantitative estimate of drug-likeness (QED) is 0.921. The Balaban J connectivity index is 1.84. The number of piperidine rings is 1. The van der Waals surface area contributed by atoms with E-state index in [1.54, 1.807) is 0 Å². The smallest absolute Gasteiger partial charge is 0.126 e. The van der Waals surface area contributed by atoms with E-state index in [-0.39, 0.29) is 5.72 Å². The summed E-state index contributed by atoms with van der Waals surface area (Å²) in [5.41, 5.74) is 2.59. The maximum Gasteiger partial charge on any atom is 0.126 e. The zero-order valence-corrected chi connectivity index (χ0v) is 13.0.